The molecule has 0 radical (unpaired) electrons. The van der Waals surface area contributed by atoms with Gasteiger partial charge in [0.2, 0.25) is 0 Å². The lowest BCUT2D eigenvalue weighted by Gasteiger charge is -2.22. The highest BCUT2D eigenvalue weighted by Crippen LogP contribution is 2.29. The van der Waals surface area contributed by atoms with Crippen LogP contribution in [0.4, 0.5) is 11.4 Å². The van der Waals surface area contributed by atoms with Gasteiger partial charge < -0.3 is 14.6 Å². The lowest BCUT2D eigenvalue weighted by Crippen LogP contribution is -2.34. The van der Waals surface area contributed by atoms with Gasteiger partial charge in [-0.2, -0.15) is 0 Å². The molecule has 29 heavy (non-hydrogen) atoms. The van der Waals surface area contributed by atoms with Crippen LogP contribution in [0.15, 0.2) is 65.1 Å². The number of halogens is 1. The number of hydrogen-bond donors (Lipinski definition) is 2. The molecule has 1 fully saturated rings. The van der Waals surface area contributed by atoms with Crippen LogP contribution in [0.3, 0.4) is 0 Å². The topological polar surface area (TPSA) is 57.5 Å². The van der Waals surface area contributed by atoms with Crippen LogP contribution in [-0.4, -0.2) is 24.1 Å². The quantitative estimate of drug-likeness (QED) is 0.553. The highest BCUT2D eigenvalue weighted by Gasteiger charge is 2.17. The molecule has 7 heteroatoms. The summed E-state index contributed by atoms with van der Waals surface area (Å²) in [5.41, 5.74) is 2.76. The fourth-order valence-corrected chi connectivity index (χ4v) is 3.78. The van der Waals surface area contributed by atoms with Crippen molar-refractivity contribution in [2.45, 2.75) is 12.8 Å². The van der Waals surface area contributed by atoms with Crippen molar-refractivity contribution in [1.29, 1.82) is 0 Å². The smallest absolute Gasteiger partial charge is 0.293 e. The molecule has 1 aromatic heterocycles. The van der Waals surface area contributed by atoms with E-state index in [9.17, 15) is 4.79 Å². The number of carbonyl (C=O) groups excluding carboxylic acids is 1. The van der Waals surface area contributed by atoms with Crippen LogP contribution in [-0.2, 0) is 0 Å². The van der Waals surface area contributed by atoms with Crippen LogP contribution in [0.5, 0.6) is 0 Å². The zero-order valence-corrected chi connectivity index (χ0v) is 17.2. The van der Waals surface area contributed by atoms with E-state index in [1.807, 2.05) is 30.3 Å². The second-order valence-corrected chi connectivity index (χ2v) is 7.64. The first-order chi connectivity index (χ1) is 14.1. The number of furan rings is 1. The molecule has 1 aliphatic heterocycles. The SMILES string of the molecule is O=C(NC(=S)Nc1ccccc1N1CCCC1)c1ccc(-c2cccc(Cl)c2)o1. The Labute approximate surface area is 179 Å². The molecule has 0 atom stereocenters. The second kappa shape index (κ2) is 8.68. The van der Waals surface area contributed by atoms with Crippen LogP contribution in [0.1, 0.15) is 23.4 Å². The van der Waals surface area contributed by atoms with Crippen molar-refractivity contribution in [3.05, 3.63) is 71.4 Å². The number of carbonyl (C=O) groups is 1. The number of thiocarbonyl (C=S) groups is 1. The number of hydrogen-bond acceptors (Lipinski definition) is 4. The molecule has 1 saturated heterocycles. The maximum absolute atomic E-state index is 12.5. The Bertz CT molecular complexity index is 1040. The predicted molar refractivity (Wildman–Crippen MR) is 121 cm³/mol. The molecule has 1 amide bonds. The summed E-state index contributed by atoms with van der Waals surface area (Å²) >= 11 is 11.4. The Morgan fingerprint density at radius 1 is 1.03 bits per heavy atom. The molecular weight excluding hydrogens is 406 g/mol. The number of amides is 1. The van der Waals surface area contributed by atoms with Crippen LogP contribution in [0.25, 0.3) is 11.3 Å². The number of para-hydroxylation sites is 2. The Morgan fingerprint density at radius 2 is 1.83 bits per heavy atom. The summed E-state index contributed by atoms with van der Waals surface area (Å²) in [5, 5.41) is 6.64. The average molecular weight is 426 g/mol. The van der Waals surface area contributed by atoms with E-state index >= 15 is 0 Å². The fourth-order valence-electron chi connectivity index (χ4n) is 3.39. The minimum Gasteiger partial charge on any atom is -0.451 e. The molecule has 0 saturated carbocycles. The lowest BCUT2D eigenvalue weighted by atomic mass is 10.2. The van der Waals surface area contributed by atoms with Crippen molar-refractivity contribution in [2.24, 2.45) is 0 Å². The monoisotopic (exact) mass is 425 g/mol. The fraction of sp³-hybridized carbons (Fsp3) is 0.182. The van der Waals surface area contributed by atoms with E-state index in [0.29, 0.717) is 10.8 Å². The van der Waals surface area contributed by atoms with Gasteiger partial charge in [0.15, 0.2) is 10.9 Å². The van der Waals surface area contributed by atoms with Gasteiger partial charge in [0, 0.05) is 23.7 Å². The van der Waals surface area contributed by atoms with E-state index in [4.69, 9.17) is 28.2 Å². The van der Waals surface area contributed by atoms with Gasteiger partial charge in [-0.15, -0.1) is 0 Å². The number of nitrogens with one attached hydrogen (secondary N) is 2. The second-order valence-electron chi connectivity index (χ2n) is 6.79. The van der Waals surface area contributed by atoms with E-state index in [1.54, 1.807) is 24.3 Å². The maximum Gasteiger partial charge on any atom is 0.293 e. The van der Waals surface area contributed by atoms with Gasteiger partial charge in [0.05, 0.1) is 11.4 Å². The molecule has 0 bridgehead atoms. The minimum atomic E-state index is -0.408. The van der Waals surface area contributed by atoms with Gasteiger partial charge in [0.25, 0.3) is 5.91 Å². The van der Waals surface area contributed by atoms with Crippen molar-refractivity contribution in [3.63, 3.8) is 0 Å². The zero-order valence-electron chi connectivity index (χ0n) is 15.7. The highest BCUT2D eigenvalue weighted by atomic mass is 35.5. The number of benzene rings is 2. The minimum absolute atomic E-state index is 0.178. The Balaban J connectivity index is 1.43. The van der Waals surface area contributed by atoms with Gasteiger partial charge >= 0.3 is 0 Å². The van der Waals surface area contributed by atoms with Crippen molar-refractivity contribution in [2.75, 3.05) is 23.3 Å². The van der Waals surface area contributed by atoms with Gasteiger partial charge in [-0.05, 0) is 61.5 Å². The largest absolute Gasteiger partial charge is 0.451 e. The molecule has 148 valence electrons. The average Bonchev–Trinajstić information content (AvgIpc) is 3.41. The van der Waals surface area contributed by atoms with Crippen molar-refractivity contribution in [3.8, 4) is 11.3 Å². The van der Waals surface area contributed by atoms with E-state index in [2.05, 4.69) is 21.6 Å². The van der Waals surface area contributed by atoms with Crippen molar-refractivity contribution in [1.82, 2.24) is 5.32 Å². The number of rotatable bonds is 4. The molecule has 0 spiro atoms. The molecular formula is C22H20ClN3O2S. The van der Waals surface area contributed by atoms with E-state index in [1.165, 1.54) is 12.8 Å². The summed E-state index contributed by atoms with van der Waals surface area (Å²) in [4.78, 5) is 14.8. The summed E-state index contributed by atoms with van der Waals surface area (Å²) in [6.45, 7) is 2.05. The van der Waals surface area contributed by atoms with E-state index in [-0.39, 0.29) is 10.9 Å². The summed E-state index contributed by atoms with van der Waals surface area (Å²) in [5.74, 6) is 0.335. The lowest BCUT2D eigenvalue weighted by molar-refractivity contribution is 0.0951. The molecule has 1 aliphatic rings. The number of anilines is 2. The third-order valence-corrected chi connectivity index (χ3v) is 5.20. The summed E-state index contributed by atoms with van der Waals surface area (Å²) in [7, 11) is 0. The number of nitrogens with zero attached hydrogens (tertiary/aromatic N) is 1. The van der Waals surface area contributed by atoms with Crippen molar-refractivity contribution >= 4 is 46.2 Å². The Kier molecular flexibility index (Phi) is 5.83. The zero-order chi connectivity index (χ0) is 20.2. The van der Waals surface area contributed by atoms with Gasteiger partial charge in [-0.1, -0.05) is 35.9 Å². The highest BCUT2D eigenvalue weighted by molar-refractivity contribution is 7.80. The third-order valence-electron chi connectivity index (χ3n) is 4.76. The molecule has 2 aromatic carbocycles. The van der Waals surface area contributed by atoms with Crippen LogP contribution < -0.4 is 15.5 Å². The van der Waals surface area contributed by atoms with E-state index < -0.39 is 5.91 Å². The predicted octanol–water partition coefficient (Wildman–Crippen LogP) is 5.33. The normalized spacial score (nSPS) is 13.3. The summed E-state index contributed by atoms with van der Waals surface area (Å²) in [6, 6.07) is 18.6. The summed E-state index contributed by atoms with van der Waals surface area (Å²) < 4.78 is 5.68. The first-order valence-corrected chi connectivity index (χ1v) is 10.2. The van der Waals surface area contributed by atoms with E-state index in [0.717, 1.165) is 30.0 Å². The van der Waals surface area contributed by atoms with Crippen LogP contribution >= 0.6 is 23.8 Å². The molecule has 4 rings (SSSR count). The first-order valence-electron chi connectivity index (χ1n) is 9.42. The third kappa shape index (κ3) is 4.60. The van der Waals surface area contributed by atoms with Crippen LogP contribution in [0.2, 0.25) is 5.02 Å². The molecule has 0 unspecified atom stereocenters. The molecule has 0 aliphatic carbocycles. The van der Waals surface area contributed by atoms with Gasteiger partial charge in [-0.25, -0.2) is 0 Å². The Morgan fingerprint density at radius 3 is 2.62 bits per heavy atom. The summed E-state index contributed by atoms with van der Waals surface area (Å²) in [6.07, 6.45) is 2.37. The molecule has 2 heterocycles. The molecule has 2 N–H and O–H groups in total. The first kappa shape index (κ1) is 19.5. The standard InChI is InChI=1S/C22H20ClN3O2S/c23-16-7-5-6-15(14-16)19-10-11-20(28-19)21(27)25-22(29)24-17-8-1-2-9-18(17)26-12-3-4-13-26/h1-2,5-11,14H,3-4,12-13H2,(H2,24,25,27,29). The van der Waals surface area contributed by atoms with Crippen LogP contribution in [0, 0.1) is 0 Å². The van der Waals surface area contributed by atoms with Crippen molar-refractivity contribution < 1.29 is 9.21 Å². The maximum atomic E-state index is 12.5. The van der Waals surface area contributed by atoms with Gasteiger partial charge in [-0.3, -0.25) is 10.1 Å². The van der Waals surface area contributed by atoms with Gasteiger partial charge in [0.1, 0.15) is 5.76 Å². The Hall–Kier alpha value is -2.83. The molecule has 5 nitrogen and oxygen atoms in total. The molecule has 3 aromatic rings.